The van der Waals surface area contributed by atoms with Crippen LogP contribution >= 0.6 is 15.9 Å². The van der Waals surface area contributed by atoms with Gasteiger partial charge in [-0.15, -0.1) is 0 Å². The number of carboxylic acid groups (broad SMARTS) is 1. The topological polar surface area (TPSA) is 105 Å². The number of aliphatic carboxylic acids is 1. The van der Waals surface area contributed by atoms with Crippen molar-refractivity contribution in [2.24, 2.45) is 5.92 Å². The lowest BCUT2D eigenvalue weighted by molar-refractivity contribution is -0.142. The molecule has 2 aromatic rings. The van der Waals surface area contributed by atoms with Crippen LogP contribution in [0.4, 0.5) is 4.79 Å². The molecule has 0 heterocycles. The Morgan fingerprint density at radius 1 is 0.935 bits per heavy atom. The summed E-state index contributed by atoms with van der Waals surface area (Å²) >= 11 is 3.34. The fraction of sp³-hybridized carbons (Fsp3) is 0.348. The molecule has 0 aliphatic heterocycles. The molecule has 8 heteroatoms. The first kappa shape index (κ1) is 24.4. The Labute approximate surface area is 190 Å². The molecule has 0 unspecified atom stereocenters. The van der Waals surface area contributed by atoms with E-state index in [1.807, 2.05) is 56.3 Å². The lowest BCUT2D eigenvalue weighted by Gasteiger charge is -2.22. The molecule has 0 spiro atoms. The van der Waals surface area contributed by atoms with Crippen molar-refractivity contribution in [3.63, 3.8) is 0 Å². The Balaban J connectivity index is 1.99. The largest absolute Gasteiger partial charge is 0.480 e. The maximum absolute atomic E-state index is 12.8. The quantitative estimate of drug-likeness (QED) is 0.468. The van der Waals surface area contributed by atoms with E-state index < -0.39 is 30.1 Å². The van der Waals surface area contributed by atoms with E-state index in [0.29, 0.717) is 6.42 Å². The van der Waals surface area contributed by atoms with Crippen LogP contribution in [0.5, 0.6) is 0 Å². The summed E-state index contributed by atoms with van der Waals surface area (Å²) in [7, 11) is 0. The van der Waals surface area contributed by atoms with Gasteiger partial charge in [0.05, 0.1) is 0 Å². The molecule has 0 saturated heterocycles. The highest BCUT2D eigenvalue weighted by atomic mass is 79.9. The summed E-state index contributed by atoms with van der Waals surface area (Å²) in [4.78, 5) is 36.7. The predicted molar refractivity (Wildman–Crippen MR) is 120 cm³/mol. The minimum absolute atomic E-state index is 0.0734. The van der Waals surface area contributed by atoms with Crippen molar-refractivity contribution in [1.82, 2.24) is 10.6 Å². The van der Waals surface area contributed by atoms with Crippen LogP contribution < -0.4 is 10.6 Å². The van der Waals surface area contributed by atoms with Gasteiger partial charge in [0, 0.05) is 10.9 Å². The Kier molecular flexibility index (Phi) is 9.52. The zero-order chi connectivity index (χ0) is 22.8. The Bertz CT molecular complexity index is 871. The summed E-state index contributed by atoms with van der Waals surface area (Å²) in [6.45, 7) is 3.89. The van der Waals surface area contributed by atoms with E-state index in [9.17, 15) is 19.5 Å². The van der Waals surface area contributed by atoms with Crippen LogP contribution in [0.1, 0.15) is 31.4 Å². The summed E-state index contributed by atoms with van der Waals surface area (Å²) in [5.74, 6) is -1.61. The molecule has 0 aliphatic rings. The second kappa shape index (κ2) is 12.1. The van der Waals surface area contributed by atoms with Gasteiger partial charge >= 0.3 is 12.1 Å². The molecule has 2 aromatic carbocycles. The first-order chi connectivity index (χ1) is 14.7. The summed E-state index contributed by atoms with van der Waals surface area (Å²) in [5.41, 5.74) is 1.59. The van der Waals surface area contributed by atoms with Crippen molar-refractivity contribution in [2.45, 2.75) is 45.4 Å². The predicted octanol–water partition coefficient (Wildman–Crippen LogP) is 3.90. The number of amides is 2. The number of carbonyl (C=O) groups excluding carboxylic acids is 2. The first-order valence-corrected chi connectivity index (χ1v) is 10.8. The number of hydrogen-bond donors (Lipinski definition) is 3. The minimum Gasteiger partial charge on any atom is -0.480 e. The van der Waals surface area contributed by atoms with Crippen molar-refractivity contribution in [1.29, 1.82) is 0 Å². The fourth-order valence-electron chi connectivity index (χ4n) is 2.94. The SMILES string of the molecule is CC(C)C[C@H](NC(=O)OCc1ccccc1)C(=O)N[C@@H](Cc1ccc(Br)cc1)C(=O)O. The molecular weight excluding hydrogens is 464 g/mol. The smallest absolute Gasteiger partial charge is 0.408 e. The highest BCUT2D eigenvalue weighted by Crippen LogP contribution is 2.13. The molecule has 2 rings (SSSR count). The third-order valence-electron chi connectivity index (χ3n) is 4.50. The molecule has 7 nitrogen and oxygen atoms in total. The van der Waals surface area contributed by atoms with Crippen molar-refractivity contribution in [2.75, 3.05) is 0 Å². The Morgan fingerprint density at radius 2 is 1.58 bits per heavy atom. The van der Waals surface area contributed by atoms with Gasteiger partial charge in [-0.2, -0.15) is 0 Å². The monoisotopic (exact) mass is 490 g/mol. The highest BCUT2D eigenvalue weighted by Gasteiger charge is 2.27. The Morgan fingerprint density at radius 3 is 2.16 bits per heavy atom. The fourth-order valence-corrected chi connectivity index (χ4v) is 3.20. The van der Waals surface area contributed by atoms with Gasteiger partial charge in [0.25, 0.3) is 0 Å². The van der Waals surface area contributed by atoms with E-state index in [1.165, 1.54) is 0 Å². The van der Waals surface area contributed by atoms with Crippen LogP contribution in [0.2, 0.25) is 0 Å². The number of carboxylic acids is 1. The summed E-state index contributed by atoms with van der Waals surface area (Å²) in [6, 6.07) is 14.3. The number of hydrogen-bond acceptors (Lipinski definition) is 4. The minimum atomic E-state index is -1.15. The van der Waals surface area contributed by atoms with E-state index >= 15 is 0 Å². The average molecular weight is 491 g/mol. The van der Waals surface area contributed by atoms with E-state index in [2.05, 4.69) is 26.6 Å². The van der Waals surface area contributed by atoms with Gasteiger partial charge in [0.15, 0.2) is 0 Å². The number of alkyl carbamates (subject to hydrolysis) is 1. The molecule has 2 amide bonds. The van der Waals surface area contributed by atoms with Crippen molar-refractivity contribution < 1.29 is 24.2 Å². The normalized spacial score (nSPS) is 12.6. The third kappa shape index (κ3) is 8.80. The lowest BCUT2D eigenvalue weighted by atomic mass is 10.0. The molecule has 0 bridgehead atoms. The van der Waals surface area contributed by atoms with Crippen LogP contribution in [0.3, 0.4) is 0 Å². The summed E-state index contributed by atoms with van der Waals surface area (Å²) in [6.07, 6.45) is -0.262. The highest BCUT2D eigenvalue weighted by molar-refractivity contribution is 9.10. The maximum atomic E-state index is 12.8. The van der Waals surface area contributed by atoms with E-state index in [1.54, 1.807) is 12.1 Å². The Hall–Kier alpha value is -2.87. The average Bonchev–Trinajstić information content (AvgIpc) is 2.73. The van der Waals surface area contributed by atoms with E-state index in [4.69, 9.17) is 4.74 Å². The summed E-state index contributed by atoms with van der Waals surface area (Å²) in [5, 5.41) is 14.7. The van der Waals surface area contributed by atoms with Crippen molar-refractivity contribution >= 4 is 33.9 Å². The van der Waals surface area contributed by atoms with Crippen LogP contribution in [-0.2, 0) is 27.4 Å². The van der Waals surface area contributed by atoms with Gasteiger partial charge in [-0.05, 0) is 35.6 Å². The first-order valence-electron chi connectivity index (χ1n) is 9.99. The van der Waals surface area contributed by atoms with Gasteiger partial charge in [-0.1, -0.05) is 72.2 Å². The standard InChI is InChI=1S/C23H27BrN2O5/c1-15(2)12-19(26-23(30)31-14-17-6-4-3-5-7-17)21(27)25-20(22(28)29)13-16-8-10-18(24)11-9-16/h3-11,15,19-20H,12-14H2,1-2H3,(H,25,27)(H,26,30)(H,28,29)/t19-,20-/m0/s1. The number of ether oxygens (including phenoxy) is 1. The number of nitrogens with one attached hydrogen (secondary N) is 2. The molecule has 166 valence electrons. The molecule has 0 saturated carbocycles. The van der Waals surface area contributed by atoms with Crippen LogP contribution in [0.25, 0.3) is 0 Å². The number of benzene rings is 2. The van der Waals surface area contributed by atoms with Gasteiger partial charge in [-0.25, -0.2) is 9.59 Å². The third-order valence-corrected chi connectivity index (χ3v) is 5.02. The molecule has 3 N–H and O–H groups in total. The van der Waals surface area contributed by atoms with Crippen LogP contribution in [0, 0.1) is 5.92 Å². The molecule has 2 atom stereocenters. The molecule has 0 aromatic heterocycles. The summed E-state index contributed by atoms with van der Waals surface area (Å²) < 4.78 is 6.08. The molecule has 0 radical (unpaired) electrons. The van der Waals surface area contributed by atoms with Crippen LogP contribution in [0.15, 0.2) is 59.1 Å². The van der Waals surface area contributed by atoms with Crippen molar-refractivity contribution in [3.8, 4) is 0 Å². The van der Waals surface area contributed by atoms with Crippen molar-refractivity contribution in [3.05, 3.63) is 70.2 Å². The molecule has 31 heavy (non-hydrogen) atoms. The number of halogens is 1. The van der Waals surface area contributed by atoms with E-state index in [0.717, 1.165) is 15.6 Å². The molecule has 0 fully saturated rings. The second-order valence-electron chi connectivity index (χ2n) is 7.62. The molecule has 0 aliphatic carbocycles. The van der Waals surface area contributed by atoms with E-state index in [-0.39, 0.29) is 18.9 Å². The van der Waals surface area contributed by atoms with Gasteiger partial charge in [0.2, 0.25) is 5.91 Å². The zero-order valence-corrected chi connectivity index (χ0v) is 19.1. The van der Waals surface area contributed by atoms with Gasteiger partial charge in [-0.3, -0.25) is 4.79 Å². The van der Waals surface area contributed by atoms with Crippen LogP contribution in [-0.4, -0.2) is 35.2 Å². The zero-order valence-electron chi connectivity index (χ0n) is 17.5. The lowest BCUT2D eigenvalue weighted by Crippen LogP contribution is -2.52. The second-order valence-corrected chi connectivity index (χ2v) is 8.53. The van der Waals surface area contributed by atoms with Gasteiger partial charge in [0.1, 0.15) is 18.7 Å². The maximum Gasteiger partial charge on any atom is 0.408 e. The molecular formula is C23H27BrN2O5. The van der Waals surface area contributed by atoms with Gasteiger partial charge < -0.3 is 20.5 Å². The number of carbonyl (C=O) groups is 3. The number of rotatable bonds is 10.